The maximum absolute atomic E-state index is 5.86. The van der Waals surface area contributed by atoms with Crippen LogP contribution in [0.25, 0.3) is 21.1 Å². The molecule has 0 unspecified atom stereocenters. The van der Waals surface area contributed by atoms with Gasteiger partial charge in [-0.15, -0.1) is 11.3 Å². The van der Waals surface area contributed by atoms with Crippen molar-refractivity contribution in [2.24, 2.45) is 0 Å². The highest BCUT2D eigenvalue weighted by atomic mass is 32.1. The maximum Gasteiger partial charge on any atom is 0.229 e. The van der Waals surface area contributed by atoms with Crippen LogP contribution in [-0.2, 0) is 0 Å². The van der Waals surface area contributed by atoms with Crippen molar-refractivity contribution in [2.45, 2.75) is 6.92 Å². The lowest BCUT2D eigenvalue weighted by atomic mass is 10.2. The molecule has 6 rings (SSSR count). The number of thiophene rings is 1. The van der Waals surface area contributed by atoms with Crippen molar-refractivity contribution in [3.8, 4) is 11.5 Å². The highest BCUT2D eigenvalue weighted by Crippen LogP contribution is 2.31. The third-order valence-corrected chi connectivity index (χ3v) is 6.15. The molecule has 0 radical (unpaired) electrons. The van der Waals surface area contributed by atoms with Crippen LogP contribution in [-0.4, -0.2) is 25.1 Å². The third kappa shape index (κ3) is 4.12. The average molecular weight is 466 g/mol. The Labute approximate surface area is 198 Å². The fourth-order valence-corrected chi connectivity index (χ4v) is 4.32. The monoisotopic (exact) mass is 465 g/mol. The van der Waals surface area contributed by atoms with E-state index in [1.54, 1.807) is 23.7 Å². The molecule has 0 aliphatic carbocycles. The van der Waals surface area contributed by atoms with Crippen LogP contribution < -0.4 is 15.4 Å². The van der Waals surface area contributed by atoms with E-state index in [1.165, 1.54) is 0 Å². The van der Waals surface area contributed by atoms with E-state index in [0.717, 1.165) is 49.8 Å². The molecule has 6 aromatic rings. The number of rotatable bonds is 6. The first kappa shape index (κ1) is 20.1. The van der Waals surface area contributed by atoms with Crippen molar-refractivity contribution in [3.05, 3.63) is 84.1 Å². The number of hydrogen-bond acceptors (Lipinski definition) is 8. The van der Waals surface area contributed by atoms with Gasteiger partial charge in [-0.25, -0.2) is 4.98 Å². The van der Waals surface area contributed by atoms with Gasteiger partial charge in [0.15, 0.2) is 5.82 Å². The molecule has 2 aromatic carbocycles. The van der Waals surface area contributed by atoms with Gasteiger partial charge in [0.1, 0.15) is 11.5 Å². The summed E-state index contributed by atoms with van der Waals surface area (Å²) in [5, 5.41) is 16.8. The first-order chi connectivity index (χ1) is 16.7. The number of aromatic amines is 1. The highest BCUT2D eigenvalue weighted by Gasteiger charge is 2.11. The molecule has 0 spiro atoms. The first-order valence-electron chi connectivity index (χ1n) is 10.6. The number of nitrogens with zero attached hydrogens (tertiary/aromatic N) is 4. The first-order valence-corrected chi connectivity index (χ1v) is 11.5. The van der Waals surface area contributed by atoms with Crippen molar-refractivity contribution in [2.75, 3.05) is 10.6 Å². The zero-order valence-electron chi connectivity index (χ0n) is 18.1. The Morgan fingerprint density at radius 2 is 1.71 bits per heavy atom. The predicted molar refractivity (Wildman–Crippen MR) is 136 cm³/mol. The molecule has 4 aromatic heterocycles. The second-order valence-corrected chi connectivity index (χ2v) is 8.63. The molecule has 0 fully saturated rings. The molecule has 8 nitrogen and oxygen atoms in total. The molecular weight excluding hydrogens is 446 g/mol. The van der Waals surface area contributed by atoms with Crippen molar-refractivity contribution < 1.29 is 4.74 Å². The molecule has 0 aliphatic heterocycles. The molecule has 0 bridgehead atoms. The summed E-state index contributed by atoms with van der Waals surface area (Å²) in [5.74, 6) is 2.68. The zero-order chi connectivity index (χ0) is 22.9. The van der Waals surface area contributed by atoms with Gasteiger partial charge in [0, 0.05) is 22.5 Å². The molecule has 0 saturated carbocycles. The number of aromatic nitrogens is 5. The minimum absolute atomic E-state index is 0.509. The van der Waals surface area contributed by atoms with Crippen LogP contribution in [0.2, 0.25) is 0 Å². The average Bonchev–Trinajstić information content (AvgIpc) is 3.51. The number of nitrogens with one attached hydrogen (secondary N) is 3. The molecule has 34 heavy (non-hydrogen) atoms. The van der Waals surface area contributed by atoms with Crippen LogP contribution in [0.3, 0.4) is 0 Å². The predicted octanol–water partition coefficient (Wildman–Crippen LogP) is 6.55. The van der Waals surface area contributed by atoms with Gasteiger partial charge in [-0.1, -0.05) is 0 Å². The van der Waals surface area contributed by atoms with Crippen LogP contribution in [0.4, 0.5) is 23.1 Å². The van der Waals surface area contributed by atoms with Gasteiger partial charge in [0.2, 0.25) is 5.95 Å². The van der Waals surface area contributed by atoms with Crippen LogP contribution in [0.1, 0.15) is 5.69 Å². The summed E-state index contributed by atoms with van der Waals surface area (Å²) >= 11 is 1.60. The van der Waals surface area contributed by atoms with Crippen molar-refractivity contribution >= 4 is 55.6 Å². The number of H-pyrrole nitrogens is 1. The van der Waals surface area contributed by atoms with Crippen LogP contribution in [0, 0.1) is 6.92 Å². The number of anilines is 4. The smallest absolute Gasteiger partial charge is 0.229 e. The Kier molecular flexibility index (Phi) is 5.00. The van der Waals surface area contributed by atoms with Gasteiger partial charge >= 0.3 is 0 Å². The summed E-state index contributed by atoms with van der Waals surface area (Å²) in [6.45, 7) is 1.94. The quantitative estimate of drug-likeness (QED) is 0.256. The summed E-state index contributed by atoms with van der Waals surface area (Å²) < 4.78 is 6.85. The summed E-state index contributed by atoms with van der Waals surface area (Å²) in [6, 6.07) is 19.5. The summed E-state index contributed by atoms with van der Waals surface area (Å²) in [5.41, 5.74) is 4.60. The lowest BCUT2D eigenvalue weighted by Gasteiger charge is -2.11. The third-order valence-electron chi connectivity index (χ3n) is 5.24. The second-order valence-electron chi connectivity index (χ2n) is 7.71. The molecule has 0 amide bonds. The Balaban J connectivity index is 1.23. The van der Waals surface area contributed by atoms with E-state index in [4.69, 9.17) is 9.72 Å². The summed E-state index contributed by atoms with van der Waals surface area (Å²) in [7, 11) is 0. The SMILES string of the molecule is Cc1ccc(Oc2ccc(Nc3nc(Nc4ccc5[nH]ncc5c4)c4sccc4n3)cc2)cn1. The Morgan fingerprint density at radius 3 is 2.56 bits per heavy atom. The number of hydrogen-bond donors (Lipinski definition) is 3. The molecular formula is C25H19N7OS. The number of pyridine rings is 1. The van der Waals surface area contributed by atoms with Gasteiger partial charge in [0.05, 0.1) is 28.1 Å². The van der Waals surface area contributed by atoms with Gasteiger partial charge in [-0.2, -0.15) is 10.1 Å². The number of ether oxygens (including phenoxy) is 1. The minimum Gasteiger partial charge on any atom is -0.456 e. The Bertz CT molecular complexity index is 1590. The van der Waals surface area contributed by atoms with Gasteiger partial charge in [-0.3, -0.25) is 10.1 Å². The number of benzene rings is 2. The molecule has 4 heterocycles. The van der Waals surface area contributed by atoms with Crippen LogP contribution in [0.15, 0.2) is 78.4 Å². The second kappa shape index (κ2) is 8.45. The largest absolute Gasteiger partial charge is 0.456 e. The van der Waals surface area contributed by atoms with E-state index < -0.39 is 0 Å². The van der Waals surface area contributed by atoms with Crippen LogP contribution in [0.5, 0.6) is 11.5 Å². The van der Waals surface area contributed by atoms with E-state index in [0.29, 0.717) is 11.7 Å². The number of aryl methyl sites for hydroxylation is 1. The summed E-state index contributed by atoms with van der Waals surface area (Å²) in [4.78, 5) is 13.7. The lowest BCUT2D eigenvalue weighted by molar-refractivity contribution is 0.480. The van der Waals surface area contributed by atoms with E-state index in [9.17, 15) is 0 Å². The highest BCUT2D eigenvalue weighted by molar-refractivity contribution is 7.17. The Hall–Kier alpha value is -4.50. The molecule has 0 atom stereocenters. The minimum atomic E-state index is 0.509. The fraction of sp³-hybridized carbons (Fsp3) is 0.0400. The normalized spacial score (nSPS) is 11.1. The van der Waals surface area contributed by atoms with E-state index in [-0.39, 0.29) is 0 Å². The topological polar surface area (TPSA) is 101 Å². The fourth-order valence-electron chi connectivity index (χ4n) is 3.55. The maximum atomic E-state index is 5.86. The molecule has 0 saturated heterocycles. The van der Waals surface area contributed by atoms with Crippen molar-refractivity contribution in [1.82, 2.24) is 25.1 Å². The molecule has 166 valence electrons. The van der Waals surface area contributed by atoms with Crippen LogP contribution >= 0.6 is 11.3 Å². The Morgan fingerprint density at radius 1 is 0.853 bits per heavy atom. The van der Waals surface area contributed by atoms with Crippen molar-refractivity contribution in [3.63, 3.8) is 0 Å². The van der Waals surface area contributed by atoms with E-state index in [2.05, 4.69) is 30.8 Å². The number of fused-ring (bicyclic) bond motifs is 2. The van der Waals surface area contributed by atoms with Crippen molar-refractivity contribution in [1.29, 1.82) is 0 Å². The molecule has 0 aliphatic rings. The van der Waals surface area contributed by atoms with E-state index in [1.807, 2.05) is 73.0 Å². The van der Waals surface area contributed by atoms with Gasteiger partial charge < -0.3 is 15.4 Å². The molecule has 3 N–H and O–H groups in total. The van der Waals surface area contributed by atoms with Gasteiger partial charge in [-0.05, 0) is 73.0 Å². The molecule has 9 heteroatoms. The standard InChI is InChI=1S/C25H19N7OS/c1-15-2-6-20(14-26-15)33-19-7-3-17(4-8-19)29-25-30-22-10-11-34-23(22)24(31-25)28-18-5-9-21-16(12-18)13-27-32-21/h2-14H,1H3,(H,27,32)(H2,28,29,30,31). The van der Waals surface area contributed by atoms with E-state index >= 15 is 0 Å². The lowest BCUT2D eigenvalue weighted by Crippen LogP contribution is -2.01. The van der Waals surface area contributed by atoms with Gasteiger partial charge in [0.25, 0.3) is 0 Å². The summed E-state index contributed by atoms with van der Waals surface area (Å²) in [6.07, 6.45) is 3.52. The zero-order valence-corrected chi connectivity index (χ0v) is 18.9.